The zero-order chi connectivity index (χ0) is 15.2. The van der Waals surface area contributed by atoms with Crippen molar-refractivity contribution in [1.82, 2.24) is 0 Å². The summed E-state index contributed by atoms with van der Waals surface area (Å²) in [4.78, 5) is 0. The Morgan fingerprint density at radius 1 is 1.05 bits per heavy atom. The van der Waals surface area contributed by atoms with Crippen LogP contribution >= 0.6 is 0 Å². The Labute approximate surface area is 122 Å². The Bertz CT molecular complexity index is 587. The molecule has 2 N–H and O–H groups in total. The molecule has 0 atom stereocenters. The standard InChI is InChI=1S/C15H16BFO4/c1-20-12-4-2-11(3-5-12)8-9-21-13-6-7-14(16(18)19)15(17)10-13/h2-7,10,18-19H,8-9H2,1H3. The molecule has 21 heavy (non-hydrogen) atoms. The number of ether oxygens (including phenoxy) is 2. The minimum Gasteiger partial charge on any atom is -0.497 e. The van der Waals surface area contributed by atoms with Gasteiger partial charge in [0.1, 0.15) is 17.3 Å². The molecule has 0 saturated heterocycles. The molecule has 2 rings (SSSR count). The molecule has 0 bridgehead atoms. The highest BCUT2D eigenvalue weighted by atomic mass is 19.1. The maximum Gasteiger partial charge on any atom is 0.491 e. The molecule has 2 aromatic rings. The Morgan fingerprint density at radius 3 is 2.29 bits per heavy atom. The molecule has 6 heteroatoms. The van der Waals surface area contributed by atoms with Crippen LogP contribution in [0.15, 0.2) is 42.5 Å². The quantitative estimate of drug-likeness (QED) is 0.783. The van der Waals surface area contributed by atoms with Crippen molar-refractivity contribution in [1.29, 1.82) is 0 Å². The summed E-state index contributed by atoms with van der Waals surface area (Å²) in [5, 5.41) is 17.9. The minimum atomic E-state index is -1.82. The van der Waals surface area contributed by atoms with Crippen LogP contribution in [0.5, 0.6) is 11.5 Å². The van der Waals surface area contributed by atoms with Crippen LogP contribution in [0.2, 0.25) is 0 Å². The Hall–Kier alpha value is -2.05. The van der Waals surface area contributed by atoms with E-state index in [0.717, 1.165) is 17.4 Å². The van der Waals surface area contributed by atoms with Gasteiger partial charge in [-0.05, 0) is 23.8 Å². The number of benzene rings is 2. The fourth-order valence-electron chi connectivity index (χ4n) is 1.89. The molecule has 0 fully saturated rings. The van der Waals surface area contributed by atoms with Crippen LogP contribution < -0.4 is 14.9 Å². The van der Waals surface area contributed by atoms with Crippen molar-refractivity contribution < 1.29 is 23.9 Å². The number of hydrogen-bond donors (Lipinski definition) is 2. The van der Waals surface area contributed by atoms with Gasteiger partial charge in [0.05, 0.1) is 13.7 Å². The molecule has 0 unspecified atom stereocenters. The van der Waals surface area contributed by atoms with Gasteiger partial charge in [0.15, 0.2) is 0 Å². The van der Waals surface area contributed by atoms with E-state index in [1.54, 1.807) is 7.11 Å². The van der Waals surface area contributed by atoms with Gasteiger partial charge in [-0.2, -0.15) is 0 Å². The summed E-state index contributed by atoms with van der Waals surface area (Å²) in [6.07, 6.45) is 0.677. The molecule has 0 saturated carbocycles. The molecule has 0 heterocycles. The Balaban J connectivity index is 1.89. The smallest absolute Gasteiger partial charge is 0.491 e. The average Bonchev–Trinajstić information content (AvgIpc) is 2.47. The molecule has 0 amide bonds. The molecule has 4 nitrogen and oxygen atoms in total. The molecular formula is C15H16BFO4. The van der Waals surface area contributed by atoms with Crippen LogP contribution in [-0.4, -0.2) is 30.9 Å². The lowest BCUT2D eigenvalue weighted by Crippen LogP contribution is -2.32. The average molecular weight is 290 g/mol. The molecule has 0 aromatic heterocycles. The molecule has 0 radical (unpaired) electrons. The van der Waals surface area contributed by atoms with E-state index in [2.05, 4.69) is 0 Å². The van der Waals surface area contributed by atoms with Crippen molar-refractivity contribution in [2.75, 3.05) is 13.7 Å². The van der Waals surface area contributed by atoms with E-state index in [-0.39, 0.29) is 5.46 Å². The van der Waals surface area contributed by atoms with E-state index >= 15 is 0 Å². The highest BCUT2D eigenvalue weighted by Crippen LogP contribution is 2.14. The Kier molecular flexibility index (Phi) is 5.19. The maximum absolute atomic E-state index is 13.5. The summed E-state index contributed by atoms with van der Waals surface area (Å²) < 4.78 is 24.0. The van der Waals surface area contributed by atoms with E-state index in [9.17, 15) is 4.39 Å². The van der Waals surface area contributed by atoms with Crippen molar-refractivity contribution in [2.24, 2.45) is 0 Å². The lowest BCUT2D eigenvalue weighted by atomic mass is 9.80. The molecule has 0 aliphatic heterocycles. The van der Waals surface area contributed by atoms with E-state index < -0.39 is 12.9 Å². The van der Waals surface area contributed by atoms with E-state index in [1.807, 2.05) is 24.3 Å². The molecule has 2 aromatic carbocycles. The fraction of sp³-hybridized carbons (Fsp3) is 0.200. The first-order chi connectivity index (χ1) is 10.1. The predicted octanol–water partition coefficient (Wildman–Crippen LogP) is 1.14. The monoisotopic (exact) mass is 290 g/mol. The highest BCUT2D eigenvalue weighted by Gasteiger charge is 2.16. The first-order valence-electron chi connectivity index (χ1n) is 6.51. The third-order valence-corrected chi connectivity index (χ3v) is 3.07. The van der Waals surface area contributed by atoms with Gasteiger partial charge in [-0.3, -0.25) is 0 Å². The molecule has 0 aliphatic carbocycles. The van der Waals surface area contributed by atoms with E-state index in [0.29, 0.717) is 18.8 Å². The maximum atomic E-state index is 13.5. The van der Waals surface area contributed by atoms with Gasteiger partial charge in [-0.25, -0.2) is 4.39 Å². The van der Waals surface area contributed by atoms with E-state index in [4.69, 9.17) is 19.5 Å². The highest BCUT2D eigenvalue weighted by molar-refractivity contribution is 6.58. The lowest BCUT2D eigenvalue weighted by molar-refractivity contribution is 0.320. The molecule has 0 spiro atoms. The van der Waals surface area contributed by atoms with Gasteiger partial charge >= 0.3 is 7.12 Å². The molecule has 110 valence electrons. The van der Waals surface area contributed by atoms with Gasteiger partial charge in [0.2, 0.25) is 0 Å². The SMILES string of the molecule is COc1ccc(CCOc2ccc(B(O)O)c(F)c2)cc1. The first kappa shape index (κ1) is 15.3. The van der Waals surface area contributed by atoms with Gasteiger partial charge in [-0.1, -0.05) is 18.2 Å². The largest absolute Gasteiger partial charge is 0.497 e. The Morgan fingerprint density at radius 2 is 1.71 bits per heavy atom. The minimum absolute atomic E-state index is 0.169. The predicted molar refractivity (Wildman–Crippen MR) is 78.4 cm³/mol. The summed E-state index contributed by atoms with van der Waals surface area (Å²) in [5.41, 5.74) is 0.913. The second kappa shape index (κ2) is 7.10. The van der Waals surface area contributed by atoms with Crippen molar-refractivity contribution in [3.63, 3.8) is 0 Å². The fourth-order valence-corrected chi connectivity index (χ4v) is 1.89. The summed E-state index contributed by atoms with van der Waals surface area (Å²) in [7, 11) is -0.210. The normalized spacial score (nSPS) is 10.3. The van der Waals surface area contributed by atoms with Gasteiger partial charge in [0, 0.05) is 17.9 Å². The van der Waals surface area contributed by atoms with E-state index in [1.165, 1.54) is 12.1 Å². The third-order valence-electron chi connectivity index (χ3n) is 3.07. The van der Waals surface area contributed by atoms with Crippen molar-refractivity contribution >= 4 is 12.6 Å². The summed E-state index contributed by atoms with van der Waals surface area (Å²) in [6.45, 7) is 0.396. The molecule has 0 aliphatic rings. The van der Waals surface area contributed by atoms with Gasteiger partial charge in [0.25, 0.3) is 0 Å². The summed E-state index contributed by atoms with van der Waals surface area (Å²) in [5.74, 6) is 0.442. The van der Waals surface area contributed by atoms with Crippen LogP contribution in [-0.2, 0) is 6.42 Å². The van der Waals surface area contributed by atoms with Crippen molar-refractivity contribution in [2.45, 2.75) is 6.42 Å². The number of methoxy groups -OCH3 is 1. The third kappa shape index (κ3) is 4.21. The van der Waals surface area contributed by atoms with Crippen LogP contribution in [0.1, 0.15) is 5.56 Å². The number of halogens is 1. The summed E-state index contributed by atoms with van der Waals surface area (Å²) >= 11 is 0. The van der Waals surface area contributed by atoms with Crippen LogP contribution in [0.4, 0.5) is 4.39 Å². The van der Waals surface area contributed by atoms with Crippen molar-refractivity contribution in [3.8, 4) is 11.5 Å². The molecular weight excluding hydrogens is 274 g/mol. The van der Waals surface area contributed by atoms with Gasteiger partial charge in [-0.15, -0.1) is 0 Å². The summed E-state index contributed by atoms with van der Waals surface area (Å²) in [6, 6.07) is 11.6. The van der Waals surface area contributed by atoms with Crippen molar-refractivity contribution in [3.05, 3.63) is 53.8 Å². The lowest BCUT2D eigenvalue weighted by Gasteiger charge is -2.08. The first-order valence-corrected chi connectivity index (χ1v) is 6.51. The zero-order valence-corrected chi connectivity index (χ0v) is 11.6. The van der Waals surface area contributed by atoms with Crippen LogP contribution in [0, 0.1) is 5.82 Å². The number of hydrogen-bond acceptors (Lipinski definition) is 4. The second-order valence-electron chi connectivity index (χ2n) is 4.50. The van der Waals surface area contributed by atoms with Crippen LogP contribution in [0.25, 0.3) is 0 Å². The zero-order valence-electron chi connectivity index (χ0n) is 11.6. The van der Waals surface area contributed by atoms with Gasteiger partial charge < -0.3 is 19.5 Å². The number of rotatable bonds is 6. The second-order valence-corrected chi connectivity index (χ2v) is 4.50. The van der Waals surface area contributed by atoms with Crippen LogP contribution in [0.3, 0.4) is 0 Å². The topological polar surface area (TPSA) is 58.9 Å².